The Morgan fingerprint density at radius 2 is 2.08 bits per heavy atom. The van der Waals surface area contributed by atoms with E-state index >= 15 is 0 Å². The van der Waals surface area contributed by atoms with Crippen molar-refractivity contribution in [3.63, 3.8) is 0 Å². The van der Waals surface area contributed by atoms with Gasteiger partial charge in [-0.15, -0.1) is 0 Å². The first kappa shape index (κ1) is 19.5. The van der Waals surface area contributed by atoms with E-state index in [4.69, 9.17) is 0 Å². The Morgan fingerprint density at radius 1 is 1.28 bits per heavy atom. The molecule has 0 fully saturated rings. The van der Waals surface area contributed by atoms with Crippen LogP contribution in [0.4, 0.5) is 0 Å². The Morgan fingerprint density at radius 3 is 2.76 bits per heavy atom. The van der Waals surface area contributed by atoms with Crippen LogP contribution >= 0.6 is 27.3 Å². The maximum Gasteiger partial charge on any atom is 0.224 e. The van der Waals surface area contributed by atoms with Gasteiger partial charge in [-0.3, -0.25) is 9.79 Å². The zero-order chi connectivity index (χ0) is 18.1. The average Bonchev–Trinajstić information content (AvgIpc) is 3.13. The van der Waals surface area contributed by atoms with Crippen LogP contribution in [0, 0.1) is 0 Å². The molecule has 25 heavy (non-hydrogen) atoms. The lowest BCUT2D eigenvalue weighted by atomic mass is 10.2. The molecule has 2 N–H and O–H groups in total. The zero-order valence-corrected chi connectivity index (χ0v) is 16.9. The molecule has 7 heteroatoms. The molecule has 0 aliphatic heterocycles. The predicted octanol–water partition coefficient (Wildman–Crippen LogP) is 3.22. The smallest absolute Gasteiger partial charge is 0.224 e. The lowest BCUT2D eigenvalue weighted by Gasteiger charge is -2.19. The van der Waals surface area contributed by atoms with Crippen LogP contribution in [-0.4, -0.2) is 37.4 Å². The van der Waals surface area contributed by atoms with Crippen molar-refractivity contribution in [2.24, 2.45) is 4.99 Å². The summed E-state index contributed by atoms with van der Waals surface area (Å²) in [6.07, 6.45) is 0.417. The fourth-order valence-electron chi connectivity index (χ4n) is 2.25. The maximum absolute atomic E-state index is 12.3. The van der Waals surface area contributed by atoms with Gasteiger partial charge in [0.05, 0.1) is 0 Å². The van der Waals surface area contributed by atoms with Crippen LogP contribution in [0.15, 0.2) is 50.6 Å². The number of nitrogens with zero attached hydrogens (tertiary/aromatic N) is 2. The van der Waals surface area contributed by atoms with Crippen LogP contribution < -0.4 is 10.6 Å². The van der Waals surface area contributed by atoms with Gasteiger partial charge in [0.15, 0.2) is 5.96 Å². The minimum absolute atomic E-state index is 0.0940. The number of guanidine groups is 1. The van der Waals surface area contributed by atoms with Crippen LogP contribution in [0.5, 0.6) is 0 Å². The summed E-state index contributed by atoms with van der Waals surface area (Å²) in [4.78, 5) is 18.2. The minimum Gasteiger partial charge on any atom is -0.356 e. The van der Waals surface area contributed by atoms with E-state index in [-0.39, 0.29) is 5.91 Å². The SMILES string of the molecule is CN=C(NCCC(=O)N(C)Cc1ccccc1Br)NCc1ccsc1. The molecular formula is C18H23BrN4OS. The van der Waals surface area contributed by atoms with Crippen molar-refractivity contribution in [3.8, 4) is 0 Å². The molecule has 0 aliphatic carbocycles. The molecule has 0 radical (unpaired) electrons. The Labute approximate surface area is 161 Å². The fraction of sp³-hybridized carbons (Fsp3) is 0.333. The van der Waals surface area contributed by atoms with Crippen molar-refractivity contribution >= 4 is 39.1 Å². The van der Waals surface area contributed by atoms with Crippen molar-refractivity contribution in [2.45, 2.75) is 19.5 Å². The third kappa shape index (κ3) is 6.51. The van der Waals surface area contributed by atoms with Crippen molar-refractivity contribution in [2.75, 3.05) is 20.6 Å². The van der Waals surface area contributed by atoms with Gasteiger partial charge in [0, 0.05) is 44.6 Å². The number of rotatable bonds is 7. The summed E-state index contributed by atoms with van der Waals surface area (Å²) in [6.45, 7) is 1.85. The summed E-state index contributed by atoms with van der Waals surface area (Å²) in [7, 11) is 3.55. The van der Waals surface area contributed by atoms with Gasteiger partial charge in [-0.1, -0.05) is 34.1 Å². The normalized spacial score (nSPS) is 11.2. The minimum atomic E-state index is 0.0940. The first-order valence-corrected chi connectivity index (χ1v) is 9.76. The van der Waals surface area contributed by atoms with Crippen LogP contribution in [0.25, 0.3) is 0 Å². The Kier molecular flexibility index (Phi) is 7.94. The molecule has 5 nitrogen and oxygen atoms in total. The first-order chi connectivity index (χ1) is 12.1. The molecule has 2 aromatic rings. The largest absolute Gasteiger partial charge is 0.356 e. The molecule has 0 aliphatic rings. The predicted molar refractivity (Wildman–Crippen MR) is 108 cm³/mol. The van der Waals surface area contributed by atoms with E-state index in [1.165, 1.54) is 5.56 Å². The average molecular weight is 423 g/mol. The molecule has 0 spiro atoms. The van der Waals surface area contributed by atoms with E-state index in [0.717, 1.165) is 16.6 Å². The highest BCUT2D eigenvalue weighted by atomic mass is 79.9. The first-order valence-electron chi connectivity index (χ1n) is 8.03. The number of halogens is 1. The van der Waals surface area contributed by atoms with E-state index in [1.807, 2.05) is 36.7 Å². The van der Waals surface area contributed by atoms with Crippen LogP contribution in [-0.2, 0) is 17.9 Å². The number of carbonyl (C=O) groups is 1. The fourth-order valence-corrected chi connectivity index (χ4v) is 3.33. The van der Waals surface area contributed by atoms with Crippen LogP contribution in [0.2, 0.25) is 0 Å². The molecule has 0 atom stereocenters. The summed E-state index contributed by atoms with van der Waals surface area (Å²) in [5, 5.41) is 10.6. The molecule has 1 aromatic heterocycles. The highest BCUT2D eigenvalue weighted by molar-refractivity contribution is 9.10. The third-order valence-electron chi connectivity index (χ3n) is 3.69. The topological polar surface area (TPSA) is 56.7 Å². The summed E-state index contributed by atoms with van der Waals surface area (Å²) in [5.41, 5.74) is 2.32. The third-order valence-corrected chi connectivity index (χ3v) is 5.19. The molecule has 0 saturated carbocycles. The number of nitrogens with one attached hydrogen (secondary N) is 2. The molecular weight excluding hydrogens is 400 g/mol. The number of amides is 1. The van der Waals surface area contributed by atoms with Gasteiger partial charge in [0.25, 0.3) is 0 Å². The standard InChI is InChI=1S/C18H23BrN4OS/c1-20-18(22-11-14-8-10-25-13-14)21-9-7-17(24)23(2)12-15-5-3-4-6-16(15)19/h3-6,8,10,13H,7,9,11-12H2,1-2H3,(H2,20,21,22). The van der Waals surface area contributed by atoms with E-state index in [2.05, 4.69) is 43.0 Å². The Hall–Kier alpha value is -1.86. The van der Waals surface area contributed by atoms with Gasteiger partial charge in [-0.25, -0.2) is 0 Å². The molecule has 1 aromatic carbocycles. The van der Waals surface area contributed by atoms with Gasteiger partial charge in [0.1, 0.15) is 0 Å². The zero-order valence-electron chi connectivity index (χ0n) is 14.5. The molecule has 1 heterocycles. The van der Waals surface area contributed by atoms with E-state index < -0.39 is 0 Å². The lowest BCUT2D eigenvalue weighted by Crippen LogP contribution is -2.39. The highest BCUT2D eigenvalue weighted by Gasteiger charge is 2.11. The monoisotopic (exact) mass is 422 g/mol. The van der Waals surface area contributed by atoms with Gasteiger partial charge in [0.2, 0.25) is 5.91 Å². The molecule has 0 unspecified atom stereocenters. The summed E-state index contributed by atoms with van der Waals surface area (Å²) < 4.78 is 1.02. The lowest BCUT2D eigenvalue weighted by molar-refractivity contribution is -0.130. The molecule has 2 rings (SSSR count). The molecule has 1 amide bonds. The van der Waals surface area contributed by atoms with Gasteiger partial charge < -0.3 is 15.5 Å². The Balaban J connectivity index is 1.72. The molecule has 134 valence electrons. The van der Waals surface area contributed by atoms with Crippen molar-refractivity contribution < 1.29 is 4.79 Å². The van der Waals surface area contributed by atoms with Gasteiger partial charge >= 0.3 is 0 Å². The number of hydrogen-bond acceptors (Lipinski definition) is 3. The quantitative estimate of drug-likeness (QED) is 0.531. The number of benzene rings is 1. The number of hydrogen-bond donors (Lipinski definition) is 2. The highest BCUT2D eigenvalue weighted by Crippen LogP contribution is 2.17. The summed E-state index contributed by atoms with van der Waals surface area (Å²) >= 11 is 5.19. The molecule has 0 saturated heterocycles. The summed E-state index contributed by atoms with van der Waals surface area (Å²) in [5.74, 6) is 0.795. The second-order valence-electron chi connectivity index (χ2n) is 5.58. The number of aliphatic imine (C=N–C) groups is 1. The van der Waals surface area contributed by atoms with E-state index in [0.29, 0.717) is 25.5 Å². The van der Waals surface area contributed by atoms with Crippen LogP contribution in [0.1, 0.15) is 17.5 Å². The van der Waals surface area contributed by atoms with Crippen LogP contribution in [0.3, 0.4) is 0 Å². The van der Waals surface area contributed by atoms with Gasteiger partial charge in [-0.2, -0.15) is 11.3 Å². The summed E-state index contributed by atoms with van der Waals surface area (Å²) in [6, 6.07) is 10.0. The Bertz CT molecular complexity index is 703. The van der Waals surface area contributed by atoms with Crippen molar-refractivity contribution in [3.05, 3.63) is 56.7 Å². The second-order valence-corrected chi connectivity index (χ2v) is 7.21. The van der Waals surface area contributed by atoms with Gasteiger partial charge in [-0.05, 0) is 34.0 Å². The van der Waals surface area contributed by atoms with Crippen molar-refractivity contribution in [1.29, 1.82) is 0 Å². The van der Waals surface area contributed by atoms with Crippen molar-refractivity contribution in [1.82, 2.24) is 15.5 Å². The van der Waals surface area contributed by atoms with E-state index in [9.17, 15) is 4.79 Å². The second kappa shape index (κ2) is 10.2. The number of thiophene rings is 1. The maximum atomic E-state index is 12.3. The molecule has 0 bridgehead atoms. The number of carbonyl (C=O) groups excluding carboxylic acids is 1. The van der Waals surface area contributed by atoms with E-state index in [1.54, 1.807) is 23.3 Å².